The Hall–Kier alpha value is -1.85. The molecule has 0 aliphatic carbocycles. The van der Waals surface area contributed by atoms with Crippen molar-refractivity contribution in [1.29, 1.82) is 0 Å². The molecule has 0 fully saturated rings. The van der Waals surface area contributed by atoms with Crippen molar-refractivity contribution in [1.82, 2.24) is 15.3 Å². The molecule has 1 amide bonds. The number of nitrogens with two attached hydrogens (primary N) is 1. The van der Waals surface area contributed by atoms with E-state index < -0.39 is 0 Å². The zero-order chi connectivity index (χ0) is 10.4. The molecule has 0 saturated heterocycles. The van der Waals surface area contributed by atoms with Crippen LogP contribution in [-0.4, -0.2) is 29.0 Å². The molecule has 0 unspecified atom stereocenters. The molecule has 6 heteroatoms. The van der Waals surface area contributed by atoms with Gasteiger partial charge in [0.25, 0.3) is 0 Å². The number of nitrogens with zero attached hydrogens (tertiary/aromatic N) is 2. The van der Waals surface area contributed by atoms with Gasteiger partial charge in [0, 0.05) is 18.9 Å². The average molecular weight is 195 g/mol. The van der Waals surface area contributed by atoms with Crippen molar-refractivity contribution in [3.05, 3.63) is 12.4 Å². The number of nitrogens with one attached hydrogen (secondary N) is 2. The second kappa shape index (κ2) is 5.00. The number of carbonyl (C=O) groups is 1. The van der Waals surface area contributed by atoms with Gasteiger partial charge in [-0.1, -0.05) is 0 Å². The molecule has 0 saturated carbocycles. The van der Waals surface area contributed by atoms with Crippen LogP contribution in [0.2, 0.25) is 0 Å². The summed E-state index contributed by atoms with van der Waals surface area (Å²) in [5.41, 5.74) is 5.51. The van der Waals surface area contributed by atoms with Crippen LogP contribution in [0.25, 0.3) is 0 Å². The maximum Gasteiger partial charge on any atom is 0.239 e. The summed E-state index contributed by atoms with van der Waals surface area (Å²) >= 11 is 0. The summed E-state index contributed by atoms with van der Waals surface area (Å²) in [4.78, 5) is 18.8. The molecule has 0 aliphatic rings. The van der Waals surface area contributed by atoms with Crippen LogP contribution >= 0.6 is 0 Å². The van der Waals surface area contributed by atoms with Crippen molar-refractivity contribution in [2.45, 2.75) is 6.92 Å². The fourth-order valence-electron chi connectivity index (χ4n) is 0.909. The second-order valence-electron chi connectivity index (χ2n) is 2.60. The maximum atomic E-state index is 11.1. The molecule has 0 aliphatic heterocycles. The molecule has 1 aromatic heterocycles. The third-order valence-electron chi connectivity index (χ3n) is 1.52. The normalized spacial score (nSPS) is 9.50. The Balaban J connectivity index is 2.46. The molecule has 0 aromatic carbocycles. The number of nitrogen functional groups attached to an aromatic ring is 1. The van der Waals surface area contributed by atoms with Gasteiger partial charge in [-0.25, -0.2) is 9.97 Å². The third kappa shape index (κ3) is 2.89. The van der Waals surface area contributed by atoms with Crippen LogP contribution in [0.5, 0.6) is 0 Å². The highest BCUT2D eigenvalue weighted by Crippen LogP contribution is 2.07. The summed E-state index contributed by atoms with van der Waals surface area (Å²) in [6.07, 6.45) is 3.00. The van der Waals surface area contributed by atoms with Gasteiger partial charge in [-0.3, -0.25) is 4.79 Å². The smallest absolute Gasteiger partial charge is 0.239 e. The summed E-state index contributed by atoms with van der Waals surface area (Å²) in [6.45, 7) is 2.61. The molecule has 0 spiro atoms. The van der Waals surface area contributed by atoms with E-state index in [1.165, 1.54) is 12.4 Å². The van der Waals surface area contributed by atoms with E-state index in [0.717, 1.165) is 0 Å². The first-order chi connectivity index (χ1) is 6.74. The first-order valence-electron chi connectivity index (χ1n) is 4.31. The summed E-state index contributed by atoms with van der Waals surface area (Å²) in [5.74, 6) is 0.619. The van der Waals surface area contributed by atoms with Crippen molar-refractivity contribution in [3.63, 3.8) is 0 Å². The molecule has 6 nitrogen and oxygen atoms in total. The molecule has 14 heavy (non-hydrogen) atoms. The zero-order valence-corrected chi connectivity index (χ0v) is 7.95. The first-order valence-corrected chi connectivity index (χ1v) is 4.31. The second-order valence-corrected chi connectivity index (χ2v) is 2.60. The van der Waals surface area contributed by atoms with Crippen LogP contribution in [-0.2, 0) is 4.79 Å². The van der Waals surface area contributed by atoms with Gasteiger partial charge >= 0.3 is 0 Å². The zero-order valence-electron chi connectivity index (χ0n) is 7.95. The third-order valence-corrected chi connectivity index (χ3v) is 1.52. The van der Waals surface area contributed by atoms with Gasteiger partial charge in [0.2, 0.25) is 5.91 Å². The Morgan fingerprint density at radius 2 is 2.21 bits per heavy atom. The number of hydrogen-bond acceptors (Lipinski definition) is 5. The van der Waals surface area contributed by atoms with E-state index >= 15 is 0 Å². The molecule has 1 heterocycles. The van der Waals surface area contributed by atoms with Crippen LogP contribution in [0.3, 0.4) is 0 Å². The van der Waals surface area contributed by atoms with Crippen molar-refractivity contribution >= 4 is 17.5 Å². The van der Waals surface area contributed by atoms with E-state index in [1.807, 2.05) is 6.92 Å². The molecule has 4 N–H and O–H groups in total. The molecular formula is C8H13N5O. The monoisotopic (exact) mass is 195 g/mol. The van der Waals surface area contributed by atoms with Gasteiger partial charge in [0.15, 0.2) is 11.6 Å². The lowest BCUT2D eigenvalue weighted by molar-refractivity contribution is -0.119. The van der Waals surface area contributed by atoms with Crippen LogP contribution in [0, 0.1) is 0 Å². The minimum absolute atomic E-state index is 0.0995. The molecule has 76 valence electrons. The van der Waals surface area contributed by atoms with Crippen LogP contribution < -0.4 is 16.4 Å². The van der Waals surface area contributed by atoms with Crippen LogP contribution in [0.15, 0.2) is 12.4 Å². The van der Waals surface area contributed by atoms with E-state index in [1.54, 1.807) is 0 Å². The van der Waals surface area contributed by atoms with Crippen LogP contribution in [0.4, 0.5) is 11.6 Å². The molecule has 1 rings (SSSR count). The SMILES string of the molecule is CCNC(=O)CNc1nccnc1N. The Morgan fingerprint density at radius 3 is 2.86 bits per heavy atom. The van der Waals surface area contributed by atoms with E-state index in [-0.39, 0.29) is 18.3 Å². The predicted molar refractivity (Wildman–Crippen MR) is 53.6 cm³/mol. The van der Waals surface area contributed by atoms with E-state index in [2.05, 4.69) is 20.6 Å². The minimum Gasteiger partial charge on any atom is -0.381 e. The quantitative estimate of drug-likeness (QED) is 0.608. The standard InChI is InChI=1S/C8H13N5O/c1-2-10-6(14)5-13-8-7(9)11-3-4-12-8/h3-4H,2,5H2,1H3,(H2,9,11)(H,10,14)(H,12,13). The molecule has 0 atom stereocenters. The Bertz CT molecular complexity index is 314. The highest BCUT2D eigenvalue weighted by Gasteiger charge is 2.02. The minimum atomic E-state index is -0.0995. The Labute approximate surface area is 81.9 Å². The van der Waals surface area contributed by atoms with E-state index in [4.69, 9.17) is 5.73 Å². The van der Waals surface area contributed by atoms with Crippen molar-refractivity contribution in [2.24, 2.45) is 0 Å². The number of aromatic nitrogens is 2. The Kier molecular flexibility index (Phi) is 3.66. The maximum absolute atomic E-state index is 11.1. The van der Waals surface area contributed by atoms with E-state index in [0.29, 0.717) is 12.4 Å². The summed E-state index contributed by atoms with van der Waals surface area (Å²) in [7, 11) is 0. The van der Waals surface area contributed by atoms with Gasteiger partial charge in [-0.2, -0.15) is 0 Å². The van der Waals surface area contributed by atoms with Gasteiger partial charge < -0.3 is 16.4 Å². The van der Waals surface area contributed by atoms with Gasteiger partial charge in [-0.15, -0.1) is 0 Å². The number of carbonyl (C=O) groups excluding carboxylic acids is 1. The van der Waals surface area contributed by atoms with Crippen molar-refractivity contribution < 1.29 is 4.79 Å². The fraction of sp³-hybridized carbons (Fsp3) is 0.375. The van der Waals surface area contributed by atoms with Gasteiger partial charge in [-0.05, 0) is 6.92 Å². The summed E-state index contributed by atoms with van der Waals surface area (Å²) in [5, 5.41) is 5.43. The topological polar surface area (TPSA) is 92.9 Å². The number of hydrogen-bond donors (Lipinski definition) is 3. The number of amides is 1. The van der Waals surface area contributed by atoms with E-state index in [9.17, 15) is 4.79 Å². The lowest BCUT2D eigenvalue weighted by Crippen LogP contribution is -2.29. The fourth-order valence-corrected chi connectivity index (χ4v) is 0.909. The molecule has 1 aromatic rings. The largest absolute Gasteiger partial charge is 0.381 e. The highest BCUT2D eigenvalue weighted by atomic mass is 16.1. The average Bonchev–Trinajstić information content (AvgIpc) is 2.17. The lowest BCUT2D eigenvalue weighted by atomic mass is 10.5. The summed E-state index contributed by atoms with van der Waals surface area (Å²) in [6, 6.07) is 0. The number of likely N-dealkylation sites (N-methyl/N-ethyl adjacent to an activating group) is 1. The first kappa shape index (κ1) is 10.2. The van der Waals surface area contributed by atoms with Gasteiger partial charge in [0.1, 0.15) is 0 Å². The lowest BCUT2D eigenvalue weighted by Gasteiger charge is -2.06. The van der Waals surface area contributed by atoms with Crippen molar-refractivity contribution in [2.75, 3.05) is 24.1 Å². The van der Waals surface area contributed by atoms with Gasteiger partial charge in [0.05, 0.1) is 6.54 Å². The Morgan fingerprint density at radius 1 is 1.50 bits per heavy atom. The van der Waals surface area contributed by atoms with Crippen LogP contribution in [0.1, 0.15) is 6.92 Å². The number of anilines is 2. The predicted octanol–water partition coefficient (Wildman–Crippen LogP) is -0.393. The number of rotatable bonds is 4. The molecule has 0 bridgehead atoms. The molecular weight excluding hydrogens is 182 g/mol. The highest BCUT2D eigenvalue weighted by molar-refractivity contribution is 5.81. The molecule has 0 radical (unpaired) electrons. The summed E-state index contributed by atoms with van der Waals surface area (Å²) < 4.78 is 0. The van der Waals surface area contributed by atoms with Crippen molar-refractivity contribution in [3.8, 4) is 0 Å².